The molecule has 7 nitrogen and oxygen atoms in total. The molecule has 1 atom stereocenters. The molecule has 0 saturated heterocycles. The lowest BCUT2D eigenvalue weighted by molar-refractivity contribution is -0.121. The van der Waals surface area contributed by atoms with Crippen molar-refractivity contribution >= 4 is 33.5 Å². The average molecular weight is 461 g/mol. The molecule has 2 heterocycles. The Morgan fingerprint density at radius 1 is 0.912 bits per heavy atom. The molecule has 176 valence electrons. The highest BCUT2D eigenvalue weighted by Gasteiger charge is 2.27. The minimum Gasteiger partial charge on any atom is -0.495 e. The van der Waals surface area contributed by atoms with Crippen molar-refractivity contribution in [1.82, 2.24) is 4.90 Å². The molecule has 7 heteroatoms. The Labute approximate surface area is 198 Å². The molecule has 1 aliphatic rings. The summed E-state index contributed by atoms with van der Waals surface area (Å²) in [6, 6.07) is 15.3. The van der Waals surface area contributed by atoms with Crippen molar-refractivity contribution in [2.24, 2.45) is 0 Å². The van der Waals surface area contributed by atoms with Crippen LogP contribution in [0, 0.1) is 0 Å². The maximum atomic E-state index is 13.2. The Balaban J connectivity index is 1.37. The summed E-state index contributed by atoms with van der Waals surface area (Å²) < 4.78 is 22.5. The van der Waals surface area contributed by atoms with Crippen molar-refractivity contribution in [2.45, 2.75) is 25.9 Å². The maximum Gasteiger partial charge on any atom is 0.241 e. The van der Waals surface area contributed by atoms with Crippen molar-refractivity contribution in [3.63, 3.8) is 0 Å². The van der Waals surface area contributed by atoms with Crippen LogP contribution >= 0.6 is 0 Å². The molecule has 0 fully saturated rings. The molecule has 1 aliphatic heterocycles. The number of carbonyl (C=O) groups is 1. The first-order chi connectivity index (χ1) is 16.5. The van der Waals surface area contributed by atoms with Gasteiger partial charge in [0.1, 0.15) is 16.9 Å². The van der Waals surface area contributed by atoms with Crippen LogP contribution in [-0.2, 0) is 17.8 Å². The van der Waals surface area contributed by atoms with E-state index < -0.39 is 0 Å². The van der Waals surface area contributed by atoms with Gasteiger partial charge in [-0.2, -0.15) is 0 Å². The van der Waals surface area contributed by atoms with Crippen LogP contribution in [0.4, 0.5) is 5.69 Å². The fourth-order valence-electron chi connectivity index (χ4n) is 4.66. The van der Waals surface area contributed by atoms with Crippen LogP contribution in [0.1, 0.15) is 18.1 Å². The van der Waals surface area contributed by atoms with Gasteiger partial charge in [-0.25, -0.2) is 0 Å². The van der Waals surface area contributed by atoms with Gasteiger partial charge in [-0.1, -0.05) is 18.2 Å². The fraction of sp³-hybridized carbons (Fsp3) is 0.296. The molecule has 1 N–H and O–H groups in total. The largest absolute Gasteiger partial charge is 0.495 e. The Kier molecular flexibility index (Phi) is 5.79. The van der Waals surface area contributed by atoms with E-state index in [0.29, 0.717) is 29.3 Å². The predicted molar refractivity (Wildman–Crippen MR) is 132 cm³/mol. The van der Waals surface area contributed by atoms with E-state index in [1.165, 1.54) is 5.56 Å². The number of anilines is 1. The minimum atomic E-state index is -0.336. The molecule has 1 aromatic heterocycles. The van der Waals surface area contributed by atoms with Crippen LogP contribution in [0.2, 0.25) is 0 Å². The normalized spacial score (nSPS) is 14.6. The summed E-state index contributed by atoms with van der Waals surface area (Å²) in [5, 5.41) is 5.02. The number of hydrogen-bond acceptors (Lipinski definition) is 6. The molecule has 34 heavy (non-hydrogen) atoms. The van der Waals surface area contributed by atoms with Gasteiger partial charge in [0.25, 0.3) is 0 Å². The number of carbonyl (C=O) groups excluding carboxylic acids is 1. The van der Waals surface area contributed by atoms with Gasteiger partial charge in [-0.15, -0.1) is 0 Å². The number of nitrogens with one attached hydrogen (secondary N) is 1. The van der Waals surface area contributed by atoms with Gasteiger partial charge < -0.3 is 23.9 Å². The Morgan fingerprint density at radius 3 is 2.35 bits per heavy atom. The first kappa shape index (κ1) is 22.1. The third-order valence-corrected chi connectivity index (χ3v) is 6.63. The second kappa shape index (κ2) is 8.91. The molecular weight excluding hydrogens is 432 g/mol. The van der Waals surface area contributed by atoms with Crippen LogP contribution in [-0.4, -0.2) is 44.7 Å². The van der Waals surface area contributed by atoms with E-state index in [1.54, 1.807) is 21.3 Å². The molecule has 0 spiro atoms. The number of ether oxygens (including phenoxy) is 3. The van der Waals surface area contributed by atoms with Gasteiger partial charge in [0.05, 0.1) is 33.1 Å². The summed E-state index contributed by atoms with van der Waals surface area (Å²) in [6.07, 6.45) is 0.835. The van der Waals surface area contributed by atoms with E-state index in [9.17, 15) is 4.79 Å². The van der Waals surface area contributed by atoms with Gasteiger partial charge in [-0.05, 0) is 48.7 Å². The van der Waals surface area contributed by atoms with Crippen molar-refractivity contribution < 1.29 is 23.4 Å². The van der Waals surface area contributed by atoms with Gasteiger partial charge in [0, 0.05) is 29.9 Å². The number of hydrogen-bond donors (Lipinski definition) is 1. The first-order valence-corrected chi connectivity index (χ1v) is 11.3. The van der Waals surface area contributed by atoms with Crippen LogP contribution < -0.4 is 19.5 Å². The molecule has 0 radical (unpaired) electrons. The van der Waals surface area contributed by atoms with Crippen molar-refractivity contribution in [3.8, 4) is 17.2 Å². The Morgan fingerprint density at radius 2 is 1.62 bits per heavy atom. The number of amides is 1. The number of furan rings is 1. The lowest BCUT2D eigenvalue weighted by Gasteiger charge is -2.33. The van der Waals surface area contributed by atoms with E-state index >= 15 is 0 Å². The van der Waals surface area contributed by atoms with Crippen LogP contribution in [0.15, 0.2) is 52.9 Å². The monoisotopic (exact) mass is 460 g/mol. The smallest absolute Gasteiger partial charge is 0.241 e. The van der Waals surface area contributed by atoms with Gasteiger partial charge in [0.15, 0.2) is 11.5 Å². The van der Waals surface area contributed by atoms with Crippen molar-refractivity contribution in [3.05, 3.63) is 59.7 Å². The SMILES string of the molecule is COc1cc2c(cc1NC(=O)[C@@H](C)N1CCc3cc(OC)c(OC)cc3C1)oc1ccccc12. The molecular formula is C27H28N2O5. The Hall–Kier alpha value is -3.71. The van der Waals surface area contributed by atoms with Gasteiger partial charge in [-0.3, -0.25) is 9.69 Å². The minimum absolute atomic E-state index is 0.0994. The molecule has 0 unspecified atom stereocenters. The number of rotatable bonds is 6. The summed E-state index contributed by atoms with van der Waals surface area (Å²) in [7, 11) is 4.88. The quantitative estimate of drug-likeness (QED) is 0.437. The summed E-state index contributed by atoms with van der Waals surface area (Å²) in [4.78, 5) is 15.4. The summed E-state index contributed by atoms with van der Waals surface area (Å²) in [6.45, 7) is 3.36. The van der Waals surface area contributed by atoms with Crippen molar-refractivity contribution in [1.29, 1.82) is 0 Å². The van der Waals surface area contributed by atoms with E-state index in [2.05, 4.69) is 10.2 Å². The molecule has 1 amide bonds. The average Bonchev–Trinajstić information content (AvgIpc) is 3.23. The predicted octanol–water partition coefficient (Wildman–Crippen LogP) is 5.00. The third kappa shape index (κ3) is 3.82. The third-order valence-electron chi connectivity index (χ3n) is 6.63. The molecule has 4 aromatic rings. The lowest BCUT2D eigenvalue weighted by Crippen LogP contribution is -2.44. The molecule has 0 saturated carbocycles. The Bertz CT molecular complexity index is 1380. The van der Waals surface area contributed by atoms with Crippen LogP contribution in [0.3, 0.4) is 0 Å². The fourth-order valence-corrected chi connectivity index (χ4v) is 4.66. The van der Waals surface area contributed by atoms with E-state index in [4.69, 9.17) is 18.6 Å². The lowest BCUT2D eigenvalue weighted by atomic mass is 9.97. The van der Waals surface area contributed by atoms with E-state index in [0.717, 1.165) is 40.6 Å². The molecule has 5 rings (SSSR count). The standard InChI is InChI=1S/C27H28N2O5/c1-16(29-10-9-17-11-25(32-3)26(33-4)12-18(17)15-29)27(30)28-21-14-23-20(13-24(21)31-2)19-7-5-6-8-22(19)34-23/h5-8,11-14,16H,9-10,15H2,1-4H3,(H,28,30)/t16-/m1/s1. The second-order valence-corrected chi connectivity index (χ2v) is 8.51. The number of benzene rings is 3. The van der Waals surface area contributed by atoms with Gasteiger partial charge >= 0.3 is 0 Å². The number of fused-ring (bicyclic) bond motifs is 4. The topological polar surface area (TPSA) is 73.2 Å². The van der Waals surface area contributed by atoms with Crippen molar-refractivity contribution in [2.75, 3.05) is 33.2 Å². The zero-order valence-electron chi connectivity index (χ0n) is 19.8. The van der Waals surface area contributed by atoms with E-state index in [1.807, 2.05) is 55.5 Å². The molecule has 0 bridgehead atoms. The summed E-state index contributed by atoms with van der Waals surface area (Å²) >= 11 is 0. The number of nitrogens with zero attached hydrogens (tertiary/aromatic N) is 1. The number of methoxy groups -OCH3 is 3. The second-order valence-electron chi connectivity index (χ2n) is 8.51. The molecule has 0 aliphatic carbocycles. The maximum absolute atomic E-state index is 13.2. The first-order valence-electron chi connectivity index (χ1n) is 11.3. The highest BCUT2D eigenvalue weighted by atomic mass is 16.5. The zero-order valence-corrected chi connectivity index (χ0v) is 19.8. The van der Waals surface area contributed by atoms with Gasteiger partial charge in [0.2, 0.25) is 5.91 Å². The van der Waals surface area contributed by atoms with Crippen LogP contribution in [0.5, 0.6) is 17.2 Å². The molecule has 3 aromatic carbocycles. The summed E-state index contributed by atoms with van der Waals surface area (Å²) in [5.41, 5.74) is 4.46. The highest BCUT2D eigenvalue weighted by Crippen LogP contribution is 2.37. The van der Waals surface area contributed by atoms with E-state index in [-0.39, 0.29) is 11.9 Å². The van der Waals surface area contributed by atoms with Crippen LogP contribution in [0.25, 0.3) is 21.9 Å². The summed E-state index contributed by atoms with van der Waals surface area (Å²) in [5.74, 6) is 1.93. The highest BCUT2D eigenvalue weighted by molar-refractivity contribution is 6.08. The number of para-hydroxylation sites is 1. The zero-order chi connectivity index (χ0) is 23.8.